The van der Waals surface area contributed by atoms with E-state index in [2.05, 4.69) is 10.5 Å². The number of fused-ring (bicyclic) bond motifs is 1. The van der Waals surface area contributed by atoms with Crippen LogP contribution in [-0.2, 0) is 22.4 Å². The topological polar surface area (TPSA) is 81.4 Å². The number of esters is 1. The number of rotatable bonds is 4. The van der Waals surface area contributed by atoms with Crippen molar-refractivity contribution >= 4 is 29.1 Å². The van der Waals surface area contributed by atoms with Crippen molar-refractivity contribution in [2.45, 2.75) is 32.6 Å². The number of amides is 1. The smallest absolute Gasteiger partial charge is 0.339 e. The van der Waals surface area contributed by atoms with Crippen molar-refractivity contribution in [2.24, 2.45) is 0 Å². The second-order valence-corrected chi connectivity index (χ2v) is 6.18. The fourth-order valence-electron chi connectivity index (χ4n) is 2.47. The van der Waals surface area contributed by atoms with Gasteiger partial charge in [0.1, 0.15) is 0 Å². The van der Waals surface area contributed by atoms with Gasteiger partial charge in [-0.05, 0) is 38.2 Å². The van der Waals surface area contributed by atoms with Crippen LogP contribution in [0.3, 0.4) is 0 Å². The number of anilines is 1. The SMILES string of the molecule is Cc1cc(NC(=O)COC(=O)c2csc3c2CCCC3)on1. The van der Waals surface area contributed by atoms with Crippen LogP contribution in [0.1, 0.15) is 39.3 Å². The minimum Gasteiger partial charge on any atom is -0.452 e. The van der Waals surface area contributed by atoms with Gasteiger partial charge in [0.05, 0.1) is 11.3 Å². The van der Waals surface area contributed by atoms with Crippen LogP contribution >= 0.6 is 11.3 Å². The van der Waals surface area contributed by atoms with E-state index in [9.17, 15) is 9.59 Å². The lowest BCUT2D eigenvalue weighted by Crippen LogP contribution is -2.21. The van der Waals surface area contributed by atoms with Gasteiger partial charge >= 0.3 is 5.97 Å². The van der Waals surface area contributed by atoms with E-state index in [4.69, 9.17) is 9.26 Å². The Hall–Kier alpha value is -2.15. The fourth-order valence-corrected chi connectivity index (χ4v) is 3.58. The summed E-state index contributed by atoms with van der Waals surface area (Å²) in [6.07, 6.45) is 4.20. The van der Waals surface area contributed by atoms with Gasteiger partial charge in [0.15, 0.2) is 6.61 Å². The summed E-state index contributed by atoms with van der Waals surface area (Å²) in [5, 5.41) is 7.97. The van der Waals surface area contributed by atoms with E-state index in [0.29, 0.717) is 11.3 Å². The average molecular weight is 320 g/mol. The highest BCUT2D eigenvalue weighted by molar-refractivity contribution is 7.10. The molecule has 1 aliphatic rings. The Bertz CT molecular complexity index is 704. The maximum absolute atomic E-state index is 12.1. The first-order chi connectivity index (χ1) is 10.6. The highest BCUT2D eigenvalue weighted by atomic mass is 32.1. The van der Waals surface area contributed by atoms with Gasteiger partial charge in [-0.1, -0.05) is 5.16 Å². The normalized spacial score (nSPS) is 13.5. The van der Waals surface area contributed by atoms with Crippen LogP contribution in [0.2, 0.25) is 0 Å². The molecule has 0 spiro atoms. The zero-order valence-electron chi connectivity index (χ0n) is 12.2. The third-order valence-electron chi connectivity index (χ3n) is 3.51. The first-order valence-corrected chi connectivity index (χ1v) is 8.01. The van der Waals surface area contributed by atoms with Crippen LogP contribution in [0.4, 0.5) is 5.88 Å². The van der Waals surface area contributed by atoms with Crippen LogP contribution < -0.4 is 5.32 Å². The first kappa shape index (κ1) is 14.8. The van der Waals surface area contributed by atoms with E-state index in [1.54, 1.807) is 24.3 Å². The highest BCUT2D eigenvalue weighted by Gasteiger charge is 2.21. The summed E-state index contributed by atoms with van der Waals surface area (Å²) in [5.74, 6) is -0.650. The lowest BCUT2D eigenvalue weighted by molar-refractivity contribution is -0.119. The van der Waals surface area contributed by atoms with E-state index in [0.717, 1.165) is 24.8 Å². The molecule has 2 heterocycles. The van der Waals surface area contributed by atoms with Gasteiger partial charge in [0, 0.05) is 16.3 Å². The Morgan fingerprint density at radius 2 is 2.23 bits per heavy atom. The summed E-state index contributed by atoms with van der Waals surface area (Å²) < 4.78 is 9.95. The van der Waals surface area contributed by atoms with Gasteiger partial charge in [-0.3, -0.25) is 10.1 Å². The van der Waals surface area contributed by atoms with Crippen LogP contribution in [0.25, 0.3) is 0 Å². The molecule has 1 aliphatic carbocycles. The predicted molar refractivity (Wildman–Crippen MR) is 81.1 cm³/mol. The molecule has 0 saturated carbocycles. The largest absolute Gasteiger partial charge is 0.452 e. The van der Waals surface area contributed by atoms with Gasteiger partial charge in [-0.2, -0.15) is 0 Å². The molecule has 0 radical (unpaired) electrons. The third-order valence-corrected chi connectivity index (χ3v) is 4.59. The van der Waals surface area contributed by atoms with Crippen LogP contribution in [0, 0.1) is 6.92 Å². The molecule has 7 heteroatoms. The standard InChI is InChI=1S/C15H16N2O4S/c1-9-6-14(21-17-9)16-13(18)7-20-15(19)11-8-22-12-5-3-2-4-10(11)12/h6,8H,2-5,7H2,1H3,(H,16,18). The minimum atomic E-state index is -0.450. The molecular formula is C15H16N2O4S. The molecule has 3 rings (SSSR count). The van der Waals surface area contributed by atoms with Crippen LogP contribution in [-0.4, -0.2) is 23.6 Å². The summed E-state index contributed by atoms with van der Waals surface area (Å²) in [7, 11) is 0. The summed E-state index contributed by atoms with van der Waals surface area (Å²) in [6, 6.07) is 1.59. The van der Waals surface area contributed by atoms with E-state index in [1.807, 2.05) is 5.38 Å². The van der Waals surface area contributed by atoms with E-state index in [1.165, 1.54) is 11.3 Å². The number of nitrogens with zero attached hydrogens (tertiary/aromatic N) is 1. The molecule has 6 nitrogen and oxygen atoms in total. The van der Waals surface area contributed by atoms with E-state index < -0.39 is 11.9 Å². The van der Waals surface area contributed by atoms with Crippen molar-refractivity contribution in [2.75, 3.05) is 11.9 Å². The molecule has 2 aromatic rings. The molecule has 0 fully saturated rings. The Morgan fingerprint density at radius 1 is 1.41 bits per heavy atom. The number of thiophene rings is 1. The van der Waals surface area contributed by atoms with Crippen molar-refractivity contribution in [3.05, 3.63) is 33.1 Å². The molecule has 22 heavy (non-hydrogen) atoms. The first-order valence-electron chi connectivity index (χ1n) is 7.13. The summed E-state index contributed by atoms with van der Waals surface area (Å²) >= 11 is 1.60. The monoisotopic (exact) mass is 320 g/mol. The van der Waals surface area contributed by atoms with Gasteiger partial charge < -0.3 is 9.26 Å². The molecule has 0 aliphatic heterocycles. The van der Waals surface area contributed by atoms with Crippen molar-refractivity contribution in [3.63, 3.8) is 0 Å². The average Bonchev–Trinajstić information content (AvgIpc) is 3.11. The Morgan fingerprint density at radius 3 is 3.00 bits per heavy atom. The molecule has 2 aromatic heterocycles. The Labute approximate surface area is 131 Å². The minimum absolute atomic E-state index is 0.242. The number of carbonyl (C=O) groups is 2. The number of nitrogens with one attached hydrogen (secondary N) is 1. The van der Waals surface area contributed by atoms with Crippen molar-refractivity contribution < 1.29 is 18.8 Å². The molecule has 1 N–H and O–H groups in total. The van der Waals surface area contributed by atoms with E-state index >= 15 is 0 Å². The fraction of sp³-hybridized carbons (Fsp3) is 0.400. The van der Waals surface area contributed by atoms with Crippen molar-refractivity contribution in [3.8, 4) is 0 Å². The Balaban J connectivity index is 1.56. The van der Waals surface area contributed by atoms with Crippen LogP contribution in [0.5, 0.6) is 0 Å². The quantitative estimate of drug-likeness (QED) is 0.876. The third kappa shape index (κ3) is 3.19. The molecular weight excluding hydrogens is 304 g/mol. The lowest BCUT2D eigenvalue weighted by atomic mass is 9.96. The maximum Gasteiger partial charge on any atom is 0.339 e. The lowest BCUT2D eigenvalue weighted by Gasteiger charge is -2.12. The van der Waals surface area contributed by atoms with Crippen molar-refractivity contribution in [1.29, 1.82) is 0 Å². The molecule has 0 bridgehead atoms. The van der Waals surface area contributed by atoms with Gasteiger partial charge in [-0.25, -0.2) is 4.79 Å². The molecule has 116 valence electrons. The van der Waals surface area contributed by atoms with Gasteiger partial charge in [0.25, 0.3) is 5.91 Å². The van der Waals surface area contributed by atoms with Gasteiger partial charge in [0.2, 0.25) is 5.88 Å². The number of aromatic nitrogens is 1. The molecule has 0 saturated heterocycles. The maximum atomic E-state index is 12.1. The zero-order valence-corrected chi connectivity index (χ0v) is 13.0. The number of aryl methyl sites for hydroxylation is 2. The predicted octanol–water partition coefficient (Wildman–Crippen LogP) is 2.72. The summed E-state index contributed by atoms with van der Waals surface area (Å²) in [6.45, 7) is 1.40. The second kappa shape index (κ2) is 6.31. The van der Waals surface area contributed by atoms with Crippen molar-refractivity contribution in [1.82, 2.24) is 5.16 Å². The highest BCUT2D eigenvalue weighted by Crippen LogP contribution is 2.30. The zero-order chi connectivity index (χ0) is 15.5. The van der Waals surface area contributed by atoms with E-state index in [-0.39, 0.29) is 12.5 Å². The summed E-state index contributed by atoms with van der Waals surface area (Å²) in [4.78, 5) is 25.1. The molecule has 0 unspecified atom stereocenters. The summed E-state index contributed by atoms with van der Waals surface area (Å²) in [5.41, 5.74) is 2.35. The molecule has 0 atom stereocenters. The molecule has 1 amide bonds. The molecule has 0 aromatic carbocycles. The van der Waals surface area contributed by atoms with Gasteiger partial charge in [-0.15, -0.1) is 11.3 Å². The van der Waals surface area contributed by atoms with Crippen LogP contribution in [0.15, 0.2) is 16.0 Å². The number of hydrogen-bond acceptors (Lipinski definition) is 6. The number of hydrogen-bond donors (Lipinski definition) is 1. The number of carbonyl (C=O) groups excluding carboxylic acids is 2. The number of ether oxygens (including phenoxy) is 1. The Kier molecular flexibility index (Phi) is 4.24. The second-order valence-electron chi connectivity index (χ2n) is 5.22.